The van der Waals surface area contributed by atoms with Crippen molar-refractivity contribution in [2.75, 3.05) is 0 Å². The lowest BCUT2D eigenvalue weighted by atomic mass is 9.92. The van der Waals surface area contributed by atoms with Crippen molar-refractivity contribution in [1.82, 2.24) is 0 Å². The molecule has 1 unspecified atom stereocenters. The molecule has 0 radical (unpaired) electrons. The normalized spacial score (nSPS) is 15.9. The highest BCUT2D eigenvalue weighted by Crippen LogP contribution is 2.33. The van der Waals surface area contributed by atoms with Gasteiger partial charge in [-0.2, -0.15) is 0 Å². The zero-order chi connectivity index (χ0) is 18.1. The summed E-state index contributed by atoms with van der Waals surface area (Å²) in [5, 5.41) is 0. The molecule has 0 fully saturated rings. The van der Waals surface area contributed by atoms with E-state index in [-0.39, 0.29) is 11.3 Å². The summed E-state index contributed by atoms with van der Waals surface area (Å²) in [5.41, 5.74) is 1.62. The summed E-state index contributed by atoms with van der Waals surface area (Å²) in [6.45, 7) is 0. The molecule has 1 heterocycles. The van der Waals surface area contributed by atoms with Gasteiger partial charge in [-0.05, 0) is 18.2 Å². The summed E-state index contributed by atoms with van der Waals surface area (Å²) < 4.78 is 5.76. The van der Waals surface area contributed by atoms with E-state index in [1.807, 2.05) is 12.1 Å². The van der Waals surface area contributed by atoms with Gasteiger partial charge >= 0.3 is 0 Å². The highest BCUT2D eigenvalue weighted by Gasteiger charge is 2.36. The van der Waals surface area contributed by atoms with Gasteiger partial charge in [-0.15, -0.1) is 0 Å². The molecule has 1 aliphatic rings. The Bertz CT molecular complexity index is 1010. The topological polar surface area (TPSA) is 60.4 Å². The standard InChI is InChI=1S/C22H14O4/c23-19(14-7-3-1-4-8-14)16-11-12-18-17(13-16)20(24)21(25)22(26-18)15-9-5-2-6-10-15/h1-13,22H. The van der Waals surface area contributed by atoms with Crippen LogP contribution in [-0.4, -0.2) is 17.3 Å². The number of Topliss-reactive ketones (excluding diaryl/α,β-unsaturated/α-hetero) is 2. The molecule has 26 heavy (non-hydrogen) atoms. The Morgan fingerprint density at radius 3 is 2.12 bits per heavy atom. The van der Waals surface area contributed by atoms with Crippen molar-refractivity contribution in [1.29, 1.82) is 0 Å². The minimum Gasteiger partial charge on any atom is -0.477 e. The van der Waals surface area contributed by atoms with Crippen LogP contribution in [0.4, 0.5) is 0 Å². The molecule has 0 aliphatic carbocycles. The van der Waals surface area contributed by atoms with E-state index in [1.165, 1.54) is 6.07 Å². The lowest BCUT2D eigenvalue weighted by Crippen LogP contribution is -2.32. The van der Waals surface area contributed by atoms with E-state index in [9.17, 15) is 14.4 Å². The summed E-state index contributed by atoms with van der Waals surface area (Å²) in [4.78, 5) is 37.6. The first kappa shape index (κ1) is 16.0. The van der Waals surface area contributed by atoms with Crippen LogP contribution < -0.4 is 4.74 Å². The maximum absolute atomic E-state index is 12.6. The van der Waals surface area contributed by atoms with Gasteiger partial charge in [0.2, 0.25) is 11.6 Å². The Morgan fingerprint density at radius 1 is 0.769 bits per heavy atom. The second kappa shape index (κ2) is 6.41. The second-order valence-electron chi connectivity index (χ2n) is 6.01. The third kappa shape index (κ3) is 2.71. The fourth-order valence-corrected chi connectivity index (χ4v) is 2.99. The van der Waals surface area contributed by atoms with E-state index in [2.05, 4.69) is 0 Å². The number of carbonyl (C=O) groups is 3. The molecular formula is C22H14O4. The molecule has 3 aromatic rings. The Kier molecular flexibility index (Phi) is 3.93. The number of ether oxygens (including phenoxy) is 1. The Hall–Kier alpha value is -3.53. The summed E-state index contributed by atoms with van der Waals surface area (Å²) in [7, 11) is 0. The van der Waals surface area contributed by atoms with Crippen LogP contribution >= 0.6 is 0 Å². The first-order valence-electron chi connectivity index (χ1n) is 8.19. The van der Waals surface area contributed by atoms with Crippen molar-refractivity contribution >= 4 is 17.3 Å². The van der Waals surface area contributed by atoms with E-state index in [1.54, 1.807) is 60.7 Å². The number of carbonyl (C=O) groups excluding carboxylic acids is 3. The maximum atomic E-state index is 12.6. The Morgan fingerprint density at radius 2 is 1.42 bits per heavy atom. The minimum absolute atomic E-state index is 0.129. The quantitative estimate of drug-likeness (QED) is 0.536. The van der Waals surface area contributed by atoms with Gasteiger partial charge in [0, 0.05) is 16.7 Å². The third-order valence-corrected chi connectivity index (χ3v) is 4.33. The van der Waals surface area contributed by atoms with Crippen LogP contribution in [0.3, 0.4) is 0 Å². The van der Waals surface area contributed by atoms with Gasteiger partial charge in [-0.1, -0.05) is 60.7 Å². The highest BCUT2D eigenvalue weighted by atomic mass is 16.5. The molecule has 126 valence electrons. The first-order valence-corrected chi connectivity index (χ1v) is 8.19. The summed E-state index contributed by atoms with van der Waals surface area (Å²) in [6, 6.07) is 22.3. The predicted octanol–water partition coefficient (Wildman–Crippen LogP) is 3.80. The molecule has 0 saturated heterocycles. The van der Waals surface area contributed by atoms with E-state index in [4.69, 9.17) is 4.74 Å². The lowest BCUT2D eigenvalue weighted by molar-refractivity contribution is -0.122. The fourth-order valence-electron chi connectivity index (χ4n) is 2.99. The van der Waals surface area contributed by atoms with Crippen LogP contribution in [0.25, 0.3) is 0 Å². The van der Waals surface area contributed by atoms with Gasteiger partial charge in [0.1, 0.15) is 5.75 Å². The van der Waals surface area contributed by atoms with Gasteiger partial charge in [0.25, 0.3) is 0 Å². The molecule has 4 heteroatoms. The van der Waals surface area contributed by atoms with Crippen LogP contribution in [0.2, 0.25) is 0 Å². The fraction of sp³-hybridized carbons (Fsp3) is 0.0455. The Labute approximate surface area is 150 Å². The number of rotatable bonds is 3. The highest BCUT2D eigenvalue weighted by molar-refractivity contribution is 6.46. The third-order valence-electron chi connectivity index (χ3n) is 4.33. The summed E-state index contributed by atoms with van der Waals surface area (Å²) >= 11 is 0. The van der Waals surface area contributed by atoms with Crippen LogP contribution in [-0.2, 0) is 4.79 Å². The number of hydrogen-bond acceptors (Lipinski definition) is 4. The molecular weight excluding hydrogens is 328 g/mol. The number of benzene rings is 3. The van der Waals surface area contributed by atoms with Gasteiger partial charge in [0.05, 0.1) is 5.56 Å². The van der Waals surface area contributed by atoms with Crippen LogP contribution in [0.1, 0.15) is 37.9 Å². The van der Waals surface area contributed by atoms with Gasteiger partial charge in [0.15, 0.2) is 11.9 Å². The largest absolute Gasteiger partial charge is 0.477 e. The van der Waals surface area contributed by atoms with Crippen molar-refractivity contribution < 1.29 is 19.1 Å². The van der Waals surface area contributed by atoms with Crippen molar-refractivity contribution in [2.45, 2.75) is 6.10 Å². The van der Waals surface area contributed by atoms with Gasteiger partial charge in [-0.25, -0.2) is 0 Å². The molecule has 0 amide bonds. The Balaban J connectivity index is 1.71. The van der Waals surface area contributed by atoms with Gasteiger partial charge in [-0.3, -0.25) is 14.4 Å². The number of fused-ring (bicyclic) bond motifs is 1. The zero-order valence-corrected chi connectivity index (χ0v) is 13.7. The SMILES string of the molecule is O=C(c1ccccc1)c1ccc2c(c1)C(=O)C(=O)C(c1ccccc1)O2. The first-order chi connectivity index (χ1) is 12.6. The van der Waals surface area contributed by atoms with E-state index < -0.39 is 17.7 Å². The smallest absolute Gasteiger partial charge is 0.248 e. The molecule has 0 saturated carbocycles. The van der Waals surface area contributed by atoms with Crippen molar-refractivity contribution in [3.05, 3.63) is 101 Å². The summed E-state index contributed by atoms with van der Waals surface area (Å²) in [5.74, 6) is -1.16. The van der Waals surface area contributed by atoms with Crippen LogP contribution in [0.15, 0.2) is 78.9 Å². The molecule has 4 nitrogen and oxygen atoms in total. The van der Waals surface area contributed by atoms with Crippen molar-refractivity contribution in [3.63, 3.8) is 0 Å². The predicted molar refractivity (Wildman–Crippen MR) is 95.5 cm³/mol. The summed E-state index contributed by atoms with van der Waals surface area (Å²) in [6.07, 6.45) is -0.952. The average molecular weight is 342 g/mol. The van der Waals surface area contributed by atoms with E-state index >= 15 is 0 Å². The van der Waals surface area contributed by atoms with Crippen LogP contribution in [0.5, 0.6) is 5.75 Å². The van der Waals surface area contributed by atoms with Crippen molar-refractivity contribution in [3.8, 4) is 5.75 Å². The molecule has 4 rings (SSSR count). The molecule has 0 spiro atoms. The molecule has 0 aromatic heterocycles. The van der Waals surface area contributed by atoms with E-state index in [0.29, 0.717) is 22.4 Å². The molecule has 1 aliphatic heterocycles. The number of ketones is 3. The molecule has 0 bridgehead atoms. The zero-order valence-electron chi connectivity index (χ0n) is 13.7. The maximum Gasteiger partial charge on any atom is 0.248 e. The van der Waals surface area contributed by atoms with E-state index in [0.717, 1.165) is 0 Å². The molecule has 3 aromatic carbocycles. The number of hydrogen-bond donors (Lipinski definition) is 0. The molecule has 1 atom stereocenters. The molecule has 0 N–H and O–H groups in total. The van der Waals surface area contributed by atoms with Crippen LogP contribution in [0, 0.1) is 0 Å². The lowest BCUT2D eigenvalue weighted by Gasteiger charge is -2.24. The van der Waals surface area contributed by atoms with Crippen molar-refractivity contribution in [2.24, 2.45) is 0 Å². The second-order valence-corrected chi connectivity index (χ2v) is 6.01. The van der Waals surface area contributed by atoms with Gasteiger partial charge < -0.3 is 4.74 Å². The monoisotopic (exact) mass is 342 g/mol. The minimum atomic E-state index is -0.952. The average Bonchev–Trinajstić information content (AvgIpc) is 2.71.